The van der Waals surface area contributed by atoms with E-state index >= 15 is 0 Å². The Bertz CT molecular complexity index is 1270. The van der Waals surface area contributed by atoms with Gasteiger partial charge in [0.05, 0.1) is 22.2 Å². The highest BCUT2D eigenvalue weighted by atomic mass is 79.9. The number of hydrogen-bond acceptors (Lipinski definition) is 4. The fourth-order valence-corrected chi connectivity index (χ4v) is 4.17. The number of halogens is 1. The molecule has 0 bridgehead atoms. The smallest absolute Gasteiger partial charge is 0.335 e. The number of para-hydroxylation sites is 1. The summed E-state index contributed by atoms with van der Waals surface area (Å²) in [6.45, 7) is 0. The zero-order valence-corrected chi connectivity index (χ0v) is 16.8. The second kappa shape index (κ2) is 7.53. The summed E-state index contributed by atoms with van der Waals surface area (Å²) < 4.78 is 2.48. The standard InChI is InChI=1S/C21H13BrN2O3S/c22-14-11-16(28-12-14)9-10-19-23-18-4-2-1-3-17(18)20(25)24(19)15-7-5-13(6-8-15)21(26)27/h1-12H,(H,26,27)/b10-9+. The summed E-state index contributed by atoms with van der Waals surface area (Å²) in [7, 11) is 0. The van der Waals surface area contributed by atoms with Gasteiger partial charge in [-0.1, -0.05) is 12.1 Å². The number of aromatic carboxylic acids is 1. The molecule has 0 amide bonds. The molecule has 2 heterocycles. The lowest BCUT2D eigenvalue weighted by Crippen LogP contribution is -2.22. The number of carboxylic acids is 1. The summed E-state index contributed by atoms with van der Waals surface area (Å²) in [6.07, 6.45) is 3.69. The van der Waals surface area contributed by atoms with Crippen LogP contribution in [0.15, 0.2) is 69.2 Å². The maximum absolute atomic E-state index is 13.2. The van der Waals surface area contributed by atoms with Crippen molar-refractivity contribution >= 4 is 56.3 Å². The molecule has 7 heteroatoms. The summed E-state index contributed by atoms with van der Waals surface area (Å²) in [5, 5.41) is 11.6. The molecule has 0 aliphatic heterocycles. The van der Waals surface area contributed by atoms with Crippen LogP contribution in [0.2, 0.25) is 0 Å². The summed E-state index contributed by atoms with van der Waals surface area (Å²) in [5.41, 5.74) is 1.12. The Morgan fingerprint density at radius 2 is 1.86 bits per heavy atom. The maximum atomic E-state index is 13.2. The van der Waals surface area contributed by atoms with Crippen LogP contribution in [-0.4, -0.2) is 20.6 Å². The van der Waals surface area contributed by atoms with Gasteiger partial charge < -0.3 is 5.11 Å². The Morgan fingerprint density at radius 3 is 2.54 bits per heavy atom. The molecule has 0 fully saturated rings. The number of carbonyl (C=O) groups is 1. The third-order valence-electron chi connectivity index (χ3n) is 4.16. The van der Waals surface area contributed by atoms with Gasteiger partial charge in [-0.05, 0) is 70.5 Å². The van der Waals surface area contributed by atoms with E-state index in [1.54, 1.807) is 47.7 Å². The minimum absolute atomic E-state index is 0.158. The van der Waals surface area contributed by atoms with Crippen molar-refractivity contribution in [3.63, 3.8) is 0 Å². The van der Waals surface area contributed by atoms with E-state index in [2.05, 4.69) is 20.9 Å². The highest BCUT2D eigenvalue weighted by molar-refractivity contribution is 9.10. The van der Waals surface area contributed by atoms with Gasteiger partial charge in [-0.2, -0.15) is 0 Å². The molecule has 2 aromatic carbocycles. The minimum atomic E-state index is -1.01. The van der Waals surface area contributed by atoms with E-state index in [-0.39, 0.29) is 11.1 Å². The highest BCUT2D eigenvalue weighted by Crippen LogP contribution is 2.22. The topological polar surface area (TPSA) is 72.2 Å². The molecular formula is C21H13BrN2O3S. The number of thiophene rings is 1. The molecule has 0 saturated heterocycles. The second-order valence-corrected chi connectivity index (χ2v) is 7.84. The van der Waals surface area contributed by atoms with Crippen LogP contribution >= 0.6 is 27.3 Å². The Morgan fingerprint density at radius 1 is 1.11 bits per heavy atom. The molecule has 0 atom stereocenters. The van der Waals surface area contributed by atoms with E-state index in [0.29, 0.717) is 22.4 Å². The molecule has 0 spiro atoms. The van der Waals surface area contributed by atoms with E-state index in [9.17, 15) is 9.59 Å². The summed E-state index contributed by atoms with van der Waals surface area (Å²) >= 11 is 5.00. The quantitative estimate of drug-likeness (QED) is 0.468. The van der Waals surface area contributed by atoms with Crippen LogP contribution < -0.4 is 5.56 Å². The average molecular weight is 453 g/mol. The number of fused-ring (bicyclic) bond motifs is 1. The van der Waals surface area contributed by atoms with E-state index in [1.165, 1.54) is 16.7 Å². The Labute approximate surface area is 172 Å². The number of carboxylic acid groups (broad SMARTS) is 1. The first-order valence-electron chi connectivity index (χ1n) is 8.30. The molecular weight excluding hydrogens is 440 g/mol. The van der Waals surface area contributed by atoms with Gasteiger partial charge >= 0.3 is 5.97 Å². The van der Waals surface area contributed by atoms with Crippen molar-refractivity contribution in [2.75, 3.05) is 0 Å². The molecule has 2 aromatic heterocycles. The van der Waals surface area contributed by atoms with Gasteiger partial charge in [0, 0.05) is 14.7 Å². The molecule has 4 aromatic rings. The molecule has 0 radical (unpaired) electrons. The summed E-state index contributed by atoms with van der Waals surface area (Å²) in [4.78, 5) is 29.9. The Kier molecular flexibility index (Phi) is 4.93. The molecule has 0 aliphatic carbocycles. The monoisotopic (exact) mass is 452 g/mol. The number of nitrogens with zero attached hydrogens (tertiary/aromatic N) is 2. The van der Waals surface area contributed by atoms with Crippen molar-refractivity contribution < 1.29 is 9.90 Å². The molecule has 0 aliphatic rings. The van der Waals surface area contributed by atoms with Gasteiger partial charge in [0.1, 0.15) is 5.82 Å². The van der Waals surface area contributed by atoms with Gasteiger partial charge in [-0.15, -0.1) is 11.3 Å². The van der Waals surface area contributed by atoms with Gasteiger partial charge in [0.25, 0.3) is 5.56 Å². The predicted octanol–water partition coefficient (Wildman–Crippen LogP) is 5.08. The summed E-state index contributed by atoms with van der Waals surface area (Å²) in [5.74, 6) is -0.546. The van der Waals surface area contributed by atoms with Crippen molar-refractivity contribution in [1.29, 1.82) is 0 Å². The van der Waals surface area contributed by atoms with E-state index in [1.807, 2.05) is 23.6 Å². The first kappa shape index (κ1) is 18.3. The normalized spacial score (nSPS) is 11.3. The molecule has 0 saturated carbocycles. The Balaban J connectivity index is 1.91. The highest BCUT2D eigenvalue weighted by Gasteiger charge is 2.12. The lowest BCUT2D eigenvalue weighted by atomic mass is 10.2. The van der Waals surface area contributed by atoms with Crippen LogP contribution in [0.1, 0.15) is 21.1 Å². The molecule has 4 rings (SSSR count). The number of benzene rings is 2. The zero-order valence-electron chi connectivity index (χ0n) is 14.4. The molecule has 138 valence electrons. The van der Waals surface area contributed by atoms with Crippen molar-refractivity contribution in [2.45, 2.75) is 0 Å². The van der Waals surface area contributed by atoms with E-state index in [4.69, 9.17) is 5.11 Å². The fourth-order valence-electron chi connectivity index (χ4n) is 2.84. The van der Waals surface area contributed by atoms with E-state index < -0.39 is 5.97 Å². The van der Waals surface area contributed by atoms with Crippen LogP contribution in [0, 0.1) is 0 Å². The van der Waals surface area contributed by atoms with Crippen LogP contribution in [0.4, 0.5) is 0 Å². The number of hydrogen-bond donors (Lipinski definition) is 1. The van der Waals surface area contributed by atoms with Crippen molar-refractivity contribution in [3.05, 3.63) is 91.1 Å². The lowest BCUT2D eigenvalue weighted by molar-refractivity contribution is 0.0697. The number of aromatic nitrogens is 2. The van der Waals surface area contributed by atoms with E-state index in [0.717, 1.165) is 9.35 Å². The van der Waals surface area contributed by atoms with Crippen molar-refractivity contribution in [2.24, 2.45) is 0 Å². The third kappa shape index (κ3) is 3.54. The molecule has 0 unspecified atom stereocenters. The maximum Gasteiger partial charge on any atom is 0.335 e. The van der Waals surface area contributed by atoms with Crippen LogP contribution in [-0.2, 0) is 0 Å². The minimum Gasteiger partial charge on any atom is -0.478 e. The van der Waals surface area contributed by atoms with Crippen molar-refractivity contribution in [1.82, 2.24) is 9.55 Å². The fraction of sp³-hybridized carbons (Fsp3) is 0. The Hall–Kier alpha value is -3.03. The summed E-state index contributed by atoms with van der Waals surface area (Å²) in [6, 6.07) is 15.3. The van der Waals surface area contributed by atoms with Crippen LogP contribution in [0.3, 0.4) is 0 Å². The van der Waals surface area contributed by atoms with Gasteiger partial charge in [-0.3, -0.25) is 9.36 Å². The largest absolute Gasteiger partial charge is 0.478 e. The zero-order chi connectivity index (χ0) is 19.7. The predicted molar refractivity (Wildman–Crippen MR) is 115 cm³/mol. The van der Waals surface area contributed by atoms with Gasteiger partial charge in [0.15, 0.2) is 0 Å². The first-order chi connectivity index (χ1) is 13.5. The molecule has 1 N–H and O–H groups in total. The SMILES string of the molecule is O=C(O)c1ccc(-n2c(/C=C/c3cc(Br)cs3)nc3ccccc3c2=O)cc1. The van der Waals surface area contributed by atoms with Gasteiger partial charge in [-0.25, -0.2) is 9.78 Å². The average Bonchev–Trinajstić information content (AvgIpc) is 3.12. The molecule has 5 nitrogen and oxygen atoms in total. The van der Waals surface area contributed by atoms with Crippen LogP contribution in [0.5, 0.6) is 0 Å². The van der Waals surface area contributed by atoms with Crippen LogP contribution in [0.25, 0.3) is 28.7 Å². The molecule has 28 heavy (non-hydrogen) atoms. The first-order valence-corrected chi connectivity index (χ1v) is 9.98. The van der Waals surface area contributed by atoms with Crippen molar-refractivity contribution in [3.8, 4) is 5.69 Å². The second-order valence-electron chi connectivity index (χ2n) is 5.98. The lowest BCUT2D eigenvalue weighted by Gasteiger charge is -2.11. The van der Waals surface area contributed by atoms with Gasteiger partial charge in [0.2, 0.25) is 0 Å². The number of rotatable bonds is 4. The third-order valence-corrected chi connectivity index (χ3v) is 5.82.